The number of aromatic nitrogens is 2. The molecule has 1 amide bonds. The average Bonchev–Trinajstić information content (AvgIpc) is 3.21. The molecule has 0 unspecified atom stereocenters. The maximum absolute atomic E-state index is 12.1. The van der Waals surface area contributed by atoms with Gasteiger partial charge in [-0.15, -0.1) is 0 Å². The van der Waals surface area contributed by atoms with E-state index in [-0.39, 0.29) is 11.7 Å². The Morgan fingerprint density at radius 1 is 1.00 bits per heavy atom. The zero-order valence-electron chi connectivity index (χ0n) is 17.7. The minimum atomic E-state index is -0.247. The van der Waals surface area contributed by atoms with Crippen LogP contribution in [0.4, 0.5) is 0 Å². The lowest BCUT2D eigenvalue weighted by Gasteiger charge is -2.06. The first-order valence-corrected chi connectivity index (χ1v) is 10.8. The smallest absolute Gasteiger partial charge is 0.255 e. The number of aromatic hydroxyl groups is 1. The zero-order chi connectivity index (χ0) is 21.6. The number of rotatable bonds is 8. The number of amides is 1. The molecular weight excluding hydrogens is 386 g/mol. The molecule has 0 saturated heterocycles. The highest BCUT2D eigenvalue weighted by molar-refractivity contribution is 5.96. The number of aromatic amines is 1. The number of unbranched alkanes of at least 4 members (excludes halogenated alkanes) is 1. The third-order valence-corrected chi connectivity index (χ3v) is 5.61. The third kappa shape index (κ3) is 4.77. The molecular formula is C26H27N3O2. The summed E-state index contributed by atoms with van der Waals surface area (Å²) in [4.78, 5) is 12.1. The summed E-state index contributed by atoms with van der Waals surface area (Å²) in [7, 11) is 0. The van der Waals surface area contributed by atoms with Gasteiger partial charge in [0.05, 0.1) is 16.8 Å². The van der Waals surface area contributed by atoms with Gasteiger partial charge < -0.3 is 10.4 Å². The van der Waals surface area contributed by atoms with Crippen molar-refractivity contribution in [3.05, 3.63) is 83.6 Å². The second-order valence-electron chi connectivity index (χ2n) is 7.71. The molecule has 0 atom stereocenters. The Labute approximate surface area is 182 Å². The third-order valence-electron chi connectivity index (χ3n) is 5.61. The molecule has 0 bridgehead atoms. The summed E-state index contributed by atoms with van der Waals surface area (Å²) in [5, 5.41) is 21.4. The SMILES string of the molecule is CCc1ccc(-c2ccc3c(CCCCNC(=O)c4ccccc4O)n[nH]c3c2)cc1. The van der Waals surface area contributed by atoms with Gasteiger partial charge in [0.25, 0.3) is 5.91 Å². The van der Waals surface area contributed by atoms with E-state index in [0.29, 0.717) is 12.1 Å². The van der Waals surface area contributed by atoms with Crippen molar-refractivity contribution in [3.63, 3.8) is 0 Å². The molecule has 3 N–H and O–H groups in total. The first kappa shape index (κ1) is 20.7. The molecule has 5 nitrogen and oxygen atoms in total. The summed E-state index contributed by atoms with van der Waals surface area (Å²) < 4.78 is 0. The van der Waals surface area contributed by atoms with Gasteiger partial charge in [-0.25, -0.2) is 0 Å². The van der Waals surface area contributed by atoms with E-state index in [4.69, 9.17) is 0 Å². The summed E-state index contributed by atoms with van der Waals surface area (Å²) in [6.45, 7) is 2.72. The largest absolute Gasteiger partial charge is 0.507 e. The van der Waals surface area contributed by atoms with Gasteiger partial charge in [0.15, 0.2) is 0 Å². The fourth-order valence-corrected chi connectivity index (χ4v) is 3.76. The first-order valence-electron chi connectivity index (χ1n) is 10.8. The molecule has 5 heteroatoms. The highest BCUT2D eigenvalue weighted by atomic mass is 16.3. The van der Waals surface area contributed by atoms with E-state index in [9.17, 15) is 9.90 Å². The van der Waals surface area contributed by atoms with Crippen LogP contribution in [0.25, 0.3) is 22.0 Å². The monoisotopic (exact) mass is 413 g/mol. The van der Waals surface area contributed by atoms with E-state index < -0.39 is 0 Å². The minimum Gasteiger partial charge on any atom is -0.507 e. The Kier molecular flexibility index (Phi) is 6.32. The predicted molar refractivity (Wildman–Crippen MR) is 124 cm³/mol. The van der Waals surface area contributed by atoms with E-state index in [1.807, 2.05) is 0 Å². The molecule has 1 aromatic heterocycles. The van der Waals surface area contributed by atoms with Gasteiger partial charge >= 0.3 is 0 Å². The number of H-pyrrole nitrogens is 1. The van der Waals surface area contributed by atoms with Gasteiger partial charge in [-0.05, 0) is 60.6 Å². The lowest BCUT2D eigenvalue weighted by molar-refractivity contribution is 0.0950. The van der Waals surface area contributed by atoms with Crippen molar-refractivity contribution < 1.29 is 9.90 Å². The maximum atomic E-state index is 12.1. The van der Waals surface area contributed by atoms with Gasteiger partial charge in [0, 0.05) is 11.9 Å². The van der Waals surface area contributed by atoms with Crippen LogP contribution in [0.5, 0.6) is 5.75 Å². The average molecular weight is 414 g/mol. The van der Waals surface area contributed by atoms with Crippen molar-refractivity contribution in [2.24, 2.45) is 0 Å². The van der Waals surface area contributed by atoms with Crippen molar-refractivity contribution in [2.75, 3.05) is 6.54 Å². The number of hydrogen-bond acceptors (Lipinski definition) is 3. The van der Waals surface area contributed by atoms with E-state index in [1.54, 1.807) is 18.2 Å². The van der Waals surface area contributed by atoms with Crippen molar-refractivity contribution >= 4 is 16.8 Å². The zero-order valence-corrected chi connectivity index (χ0v) is 17.7. The summed E-state index contributed by atoms with van der Waals surface area (Å²) >= 11 is 0. The number of phenolic OH excluding ortho intramolecular Hbond substituents is 1. The number of carbonyl (C=O) groups excluding carboxylic acids is 1. The maximum Gasteiger partial charge on any atom is 0.255 e. The van der Waals surface area contributed by atoms with E-state index in [0.717, 1.165) is 42.3 Å². The van der Waals surface area contributed by atoms with Crippen LogP contribution in [0.1, 0.15) is 41.4 Å². The van der Waals surface area contributed by atoms with Crippen molar-refractivity contribution in [1.29, 1.82) is 0 Å². The lowest BCUT2D eigenvalue weighted by Crippen LogP contribution is -2.24. The van der Waals surface area contributed by atoms with Crippen LogP contribution in [0, 0.1) is 0 Å². The normalized spacial score (nSPS) is 11.0. The molecule has 0 aliphatic heterocycles. The number of aryl methyl sites for hydroxylation is 2. The number of phenols is 1. The van der Waals surface area contributed by atoms with E-state index in [2.05, 4.69) is 64.9 Å². The lowest BCUT2D eigenvalue weighted by atomic mass is 10.0. The number of benzene rings is 3. The number of nitrogens with zero attached hydrogens (tertiary/aromatic N) is 1. The Morgan fingerprint density at radius 2 is 1.77 bits per heavy atom. The van der Waals surface area contributed by atoms with E-state index >= 15 is 0 Å². The van der Waals surface area contributed by atoms with Crippen LogP contribution in [-0.2, 0) is 12.8 Å². The molecule has 0 spiro atoms. The Morgan fingerprint density at radius 3 is 2.55 bits per heavy atom. The Hall–Kier alpha value is -3.60. The van der Waals surface area contributed by atoms with Gasteiger partial charge in [-0.3, -0.25) is 9.89 Å². The van der Waals surface area contributed by atoms with Crippen LogP contribution < -0.4 is 5.32 Å². The van der Waals surface area contributed by atoms with Crippen molar-refractivity contribution in [1.82, 2.24) is 15.5 Å². The van der Waals surface area contributed by atoms with Gasteiger partial charge in [-0.1, -0.05) is 55.5 Å². The van der Waals surface area contributed by atoms with Crippen LogP contribution >= 0.6 is 0 Å². The standard InChI is InChI=1S/C26H27N3O2/c1-2-18-10-12-19(13-11-18)20-14-15-21-23(28-29-24(21)17-20)8-5-6-16-27-26(31)22-7-3-4-9-25(22)30/h3-4,7,9-15,17,30H,2,5-6,8,16H2,1H3,(H,27,31)(H,28,29). The number of hydrogen-bond donors (Lipinski definition) is 3. The minimum absolute atomic E-state index is 0.00340. The summed E-state index contributed by atoms with van der Waals surface area (Å²) in [5.74, 6) is -0.244. The fourth-order valence-electron chi connectivity index (χ4n) is 3.76. The van der Waals surface area contributed by atoms with Crippen LogP contribution in [0.3, 0.4) is 0 Å². The van der Waals surface area contributed by atoms with Crippen LogP contribution in [0.2, 0.25) is 0 Å². The quantitative estimate of drug-likeness (QED) is 0.345. The van der Waals surface area contributed by atoms with Crippen molar-refractivity contribution in [2.45, 2.75) is 32.6 Å². The highest BCUT2D eigenvalue weighted by Crippen LogP contribution is 2.26. The molecule has 1 heterocycles. The molecule has 4 rings (SSSR count). The highest BCUT2D eigenvalue weighted by Gasteiger charge is 2.10. The topological polar surface area (TPSA) is 78.0 Å². The molecule has 0 aliphatic carbocycles. The summed E-state index contributed by atoms with van der Waals surface area (Å²) in [6.07, 6.45) is 3.65. The number of carbonyl (C=O) groups is 1. The van der Waals surface area contributed by atoms with Crippen LogP contribution in [0.15, 0.2) is 66.7 Å². The molecule has 3 aromatic carbocycles. The number of nitrogens with one attached hydrogen (secondary N) is 2. The van der Waals surface area contributed by atoms with Gasteiger partial charge in [0.1, 0.15) is 5.75 Å². The van der Waals surface area contributed by atoms with E-state index in [1.165, 1.54) is 22.8 Å². The molecule has 0 fully saturated rings. The predicted octanol–water partition coefficient (Wildman–Crippen LogP) is 5.25. The number of fused-ring (bicyclic) bond motifs is 1. The second kappa shape index (κ2) is 9.47. The number of para-hydroxylation sites is 1. The fraction of sp³-hybridized carbons (Fsp3) is 0.231. The van der Waals surface area contributed by atoms with Gasteiger partial charge in [-0.2, -0.15) is 5.10 Å². The molecule has 4 aromatic rings. The summed E-state index contributed by atoms with van der Waals surface area (Å²) in [5.41, 5.74) is 6.12. The molecule has 31 heavy (non-hydrogen) atoms. The second-order valence-corrected chi connectivity index (χ2v) is 7.71. The summed E-state index contributed by atoms with van der Waals surface area (Å²) in [6, 6.07) is 21.7. The Balaban J connectivity index is 1.32. The molecule has 0 radical (unpaired) electrons. The molecule has 0 saturated carbocycles. The Bertz CT molecular complexity index is 1180. The van der Waals surface area contributed by atoms with Gasteiger partial charge in [0.2, 0.25) is 0 Å². The molecule has 158 valence electrons. The molecule has 0 aliphatic rings. The van der Waals surface area contributed by atoms with Crippen LogP contribution in [-0.4, -0.2) is 27.8 Å². The first-order chi connectivity index (χ1) is 15.2. The van der Waals surface area contributed by atoms with Crippen molar-refractivity contribution in [3.8, 4) is 16.9 Å².